The summed E-state index contributed by atoms with van der Waals surface area (Å²) in [5.41, 5.74) is 13.4. The molecule has 0 saturated carbocycles. The van der Waals surface area contributed by atoms with Gasteiger partial charge in [-0.3, -0.25) is 14.2 Å². The number of hydrogen-bond acceptors (Lipinski definition) is 6. The van der Waals surface area contributed by atoms with Crippen molar-refractivity contribution in [2.45, 2.75) is 12.8 Å². The molecule has 0 bridgehead atoms. The van der Waals surface area contributed by atoms with Crippen LogP contribution in [0.4, 0.5) is 0 Å². The molecule has 2 heterocycles. The zero-order chi connectivity index (χ0) is 22.8. The maximum Gasteiger partial charge on any atom is 0.338 e. The summed E-state index contributed by atoms with van der Waals surface area (Å²) >= 11 is 1.11. The van der Waals surface area contributed by atoms with E-state index in [-0.39, 0.29) is 23.6 Å². The molecule has 0 unspecified atom stereocenters. The van der Waals surface area contributed by atoms with E-state index in [0.29, 0.717) is 14.8 Å². The first kappa shape index (κ1) is 21.3. The fourth-order valence-electron chi connectivity index (χ4n) is 3.78. The predicted molar refractivity (Wildman–Crippen MR) is 124 cm³/mol. The van der Waals surface area contributed by atoms with E-state index in [1.165, 1.54) is 4.57 Å². The highest BCUT2D eigenvalue weighted by Crippen LogP contribution is 2.36. The van der Waals surface area contributed by atoms with Crippen molar-refractivity contribution in [3.8, 4) is 0 Å². The number of carbonyl (C=O) groups excluding carboxylic acids is 2. The standard InChI is InChI=1S/C24H21N3O4S/c1-2-31-24(30)18-17(15-11-7-4-8-12-15)19(21(26)28)23-27(20(18)25)22(29)16(32-23)13-14-9-5-3-6-10-14/h3-13,17H,2,25H2,1H3,(H2,26,28)/b16-13-/t17-/m1/s1. The van der Waals surface area contributed by atoms with Crippen LogP contribution in [-0.4, -0.2) is 23.1 Å². The number of primary amides is 1. The van der Waals surface area contributed by atoms with Gasteiger partial charge in [0.25, 0.3) is 5.56 Å². The van der Waals surface area contributed by atoms with Crippen LogP contribution in [0.3, 0.4) is 0 Å². The molecule has 1 atom stereocenters. The number of nitrogens with zero attached hydrogens (tertiary/aromatic N) is 1. The van der Waals surface area contributed by atoms with Crippen molar-refractivity contribution in [3.63, 3.8) is 0 Å². The van der Waals surface area contributed by atoms with Crippen molar-refractivity contribution in [1.29, 1.82) is 0 Å². The molecule has 0 aliphatic carbocycles. The van der Waals surface area contributed by atoms with Crippen LogP contribution in [0.2, 0.25) is 0 Å². The molecule has 4 rings (SSSR count). The van der Waals surface area contributed by atoms with Crippen LogP contribution in [0, 0.1) is 0 Å². The first-order chi connectivity index (χ1) is 15.4. The summed E-state index contributed by atoms with van der Waals surface area (Å²) in [6, 6.07) is 18.3. The molecule has 162 valence electrons. The lowest BCUT2D eigenvalue weighted by molar-refractivity contribution is -0.138. The number of esters is 1. The second-order valence-corrected chi connectivity index (χ2v) is 8.14. The minimum absolute atomic E-state index is 0.0190. The number of carbonyl (C=O) groups is 2. The van der Waals surface area contributed by atoms with Gasteiger partial charge in [-0.2, -0.15) is 0 Å². The van der Waals surface area contributed by atoms with E-state index in [1.54, 1.807) is 37.3 Å². The smallest absolute Gasteiger partial charge is 0.338 e. The van der Waals surface area contributed by atoms with Crippen molar-refractivity contribution < 1.29 is 14.3 Å². The minimum atomic E-state index is -0.852. The summed E-state index contributed by atoms with van der Waals surface area (Å²) in [5, 5.41) is 0. The number of thiazole rings is 1. The molecule has 2 aromatic carbocycles. The van der Waals surface area contributed by atoms with Gasteiger partial charge in [-0.1, -0.05) is 60.7 Å². The van der Waals surface area contributed by atoms with E-state index in [0.717, 1.165) is 16.9 Å². The third-order valence-electron chi connectivity index (χ3n) is 5.14. The highest BCUT2D eigenvalue weighted by Gasteiger charge is 2.38. The number of aromatic nitrogens is 1. The van der Waals surface area contributed by atoms with E-state index in [4.69, 9.17) is 16.2 Å². The molecule has 0 radical (unpaired) electrons. The van der Waals surface area contributed by atoms with Gasteiger partial charge in [-0.05, 0) is 24.1 Å². The Morgan fingerprint density at radius 1 is 1.06 bits per heavy atom. The zero-order valence-corrected chi connectivity index (χ0v) is 18.1. The first-order valence-electron chi connectivity index (χ1n) is 9.98. The Hall–Kier alpha value is -3.91. The Morgan fingerprint density at radius 2 is 1.69 bits per heavy atom. The normalized spacial score (nSPS) is 16.1. The van der Waals surface area contributed by atoms with Gasteiger partial charge < -0.3 is 16.2 Å². The van der Waals surface area contributed by atoms with Crippen molar-refractivity contribution >= 4 is 40.7 Å². The van der Waals surface area contributed by atoms with Gasteiger partial charge in [0.2, 0.25) is 5.91 Å². The van der Waals surface area contributed by atoms with E-state index in [1.807, 2.05) is 36.4 Å². The predicted octanol–water partition coefficient (Wildman–Crippen LogP) is 0.862. The van der Waals surface area contributed by atoms with Crippen molar-refractivity contribution in [1.82, 2.24) is 4.57 Å². The van der Waals surface area contributed by atoms with Gasteiger partial charge in [-0.25, -0.2) is 4.79 Å². The van der Waals surface area contributed by atoms with Crippen LogP contribution in [0.1, 0.15) is 24.0 Å². The Morgan fingerprint density at radius 3 is 2.28 bits per heavy atom. The molecule has 8 heteroatoms. The highest BCUT2D eigenvalue weighted by molar-refractivity contribution is 7.07. The fourth-order valence-corrected chi connectivity index (χ4v) is 4.96. The lowest BCUT2D eigenvalue weighted by Crippen LogP contribution is -2.42. The van der Waals surface area contributed by atoms with Crippen LogP contribution < -0.4 is 26.2 Å². The zero-order valence-electron chi connectivity index (χ0n) is 17.3. The van der Waals surface area contributed by atoms with Gasteiger partial charge in [0, 0.05) is 0 Å². The summed E-state index contributed by atoms with van der Waals surface area (Å²) in [7, 11) is 0. The largest absolute Gasteiger partial charge is 0.463 e. The van der Waals surface area contributed by atoms with Crippen molar-refractivity contribution in [3.05, 3.63) is 96.9 Å². The lowest BCUT2D eigenvalue weighted by atomic mass is 9.83. The molecule has 0 saturated heterocycles. The third kappa shape index (κ3) is 3.65. The van der Waals surface area contributed by atoms with Gasteiger partial charge in [0.05, 0.1) is 28.2 Å². The van der Waals surface area contributed by atoms with E-state index < -0.39 is 23.4 Å². The summed E-state index contributed by atoms with van der Waals surface area (Å²) < 4.78 is 7.09. The van der Waals surface area contributed by atoms with Crippen LogP contribution in [0.15, 0.2) is 71.0 Å². The molecule has 7 nitrogen and oxygen atoms in total. The molecular weight excluding hydrogens is 426 g/mol. The molecule has 4 N–H and O–H groups in total. The fraction of sp³-hybridized carbons (Fsp3) is 0.125. The molecule has 3 aromatic rings. The lowest BCUT2D eigenvalue weighted by Gasteiger charge is -2.26. The van der Waals surface area contributed by atoms with E-state index in [2.05, 4.69) is 0 Å². The van der Waals surface area contributed by atoms with Crippen LogP contribution in [0.25, 0.3) is 17.5 Å². The molecule has 1 amide bonds. The SMILES string of the molecule is CCOC(=O)C1=C(N)n2c(s/c(=C\c3ccccc3)c2=O)=C(C(N)=O)[C@@H]1c1ccccc1. The number of rotatable bonds is 5. The number of fused-ring (bicyclic) bond motifs is 1. The third-order valence-corrected chi connectivity index (χ3v) is 6.25. The second-order valence-electron chi connectivity index (χ2n) is 7.11. The minimum Gasteiger partial charge on any atom is -0.463 e. The monoisotopic (exact) mass is 447 g/mol. The number of nitrogens with two attached hydrogens (primary N) is 2. The molecule has 0 spiro atoms. The molecule has 0 fully saturated rings. The summed E-state index contributed by atoms with van der Waals surface area (Å²) in [6.07, 6.45) is 1.71. The van der Waals surface area contributed by atoms with Crippen LogP contribution in [-0.2, 0) is 14.3 Å². The van der Waals surface area contributed by atoms with Crippen LogP contribution in [0.5, 0.6) is 0 Å². The summed E-state index contributed by atoms with van der Waals surface area (Å²) in [4.78, 5) is 38.9. The molecule has 1 aliphatic heterocycles. The average Bonchev–Trinajstić information content (AvgIpc) is 3.10. The number of amides is 1. The Bertz CT molecular complexity index is 1400. The number of ether oxygens (including phenoxy) is 1. The first-order valence-corrected chi connectivity index (χ1v) is 10.8. The average molecular weight is 448 g/mol. The number of benzene rings is 2. The topological polar surface area (TPSA) is 117 Å². The van der Waals surface area contributed by atoms with Crippen molar-refractivity contribution in [2.75, 3.05) is 6.61 Å². The van der Waals surface area contributed by atoms with Crippen molar-refractivity contribution in [2.24, 2.45) is 11.5 Å². The molecular formula is C24H21N3O4S. The van der Waals surface area contributed by atoms with Crippen LogP contribution >= 0.6 is 11.3 Å². The van der Waals surface area contributed by atoms with Gasteiger partial charge in [0.15, 0.2) is 0 Å². The molecule has 1 aliphatic rings. The van der Waals surface area contributed by atoms with Gasteiger partial charge in [0.1, 0.15) is 10.5 Å². The van der Waals surface area contributed by atoms with E-state index in [9.17, 15) is 14.4 Å². The van der Waals surface area contributed by atoms with Gasteiger partial charge in [-0.15, -0.1) is 11.3 Å². The van der Waals surface area contributed by atoms with E-state index >= 15 is 0 Å². The quantitative estimate of drug-likeness (QED) is 0.563. The highest BCUT2D eigenvalue weighted by atomic mass is 32.1. The summed E-state index contributed by atoms with van der Waals surface area (Å²) in [6.45, 7) is 1.78. The maximum absolute atomic E-state index is 13.3. The molecule has 32 heavy (non-hydrogen) atoms. The van der Waals surface area contributed by atoms with Gasteiger partial charge >= 0.3 is 5.97 Å². The second kappa shape index (κ2) is 8.68. The Labute approximate surface area is 187 Å². The molecule has 1 aromatic heterocycles. The summed E-state index contributed by atoms with van der Waals surface area (Å²) in [5.74, 6) is -2.36. The number of hydrogen-bond donors (Lipinski definition) is 2. The maximum atomic E-state index is 13.3. The Balaban J connectivity index is 2.11. The Kier molecular flexibility index (Phi) is 5.79.